The molecule has 0 amide bonds. The number of hydrogen-bond acceptors (Lipinski definition) is 6. The zero-order valence-electron chi connectivity index (χ0n) is 11.6. The largest absolute Gasteiger partial charge is 0.461 e. The fourth-order valence-electron chi connectivity index (χ4n) is 1.81. The zero-order chi connectivity index (χ0) is 15.5. The van der Waals surface area contributed by atoms with E-state index < -0.39 is 15.8 Å². The van der Waals surface area contributed by atoms with Crippen LogP contribution in [0.15, 0.2) is 17.0 Å². The van der Waals surface area contributed by atoms with Gasteiger partial charge in [-0.1, -0.05) is 13.0 Å². The standard InChI is InChI=1S/C13H17NO5S/c1-4-11(16)10-6-5-9(7-19-8(2)15)13(12(10)14)20(3,17)18/h5-6H,4,7,14H2,1-3H3. The van der Waals surface area contributed by atoms with Crippen LogP contribution in [-0.2, 0) is 26.0 Å². The highest BCUT2D eigenvalue weighted by molar-refractivity contribution is 7.91. The number of carbonyl (C=O) groups is 2. The molecule has 1 aromatic carbocycles. The second-order valence-electron chi connectivity index (χ2n) is 4.34. The Morgan fingerprint density at radius 3 is 2.35 bits per heavy atom. The highest BCUT2D eigenvalue weighted by Gasteiger charge is 2.22. The molecular weight excluding hydrogens is 282 g/mol. The molecule has 0 aliphatic carbocycles. The van der Waals surface area contributed by atoms with E-state index in [-0.39, 0.29) is 40.5 Å². The Morgan fingerprint density at radius 2 is 1.90 bits per heavy atom. The van der Waals surface area contributed by atoms with Gasteiger partial charge in [-0.15, -0.1) is 0 Å². The summed E-state index contributed by atoms with van der Waals surface area (Å²) >= 11 is 0. The molecule has 0 radical (unpaired) electrons. The van der Waals surface area contributed by atoms with Crippen LogP contribution in [0.25, 0.3) is 0 Å². The first-order valence-corrected chi connectivity index (χ1v) is 7.85. The molecule has 1 rings (SSSR count). The molecule has 6 nitrogen and oxygen atoms in total. The Labute approximate surface area is 117 Å². The van der Waals surface area contributed by atoms with E-state index in [9.17, 15) is 18.0 Å². The van der Waals surface area contributed by atoms with Gasteiger partial charge in [0.1, 0.15) is 6.61 Å². The second kappa shape index (κ2) is 6.04. The third-order valence-electron chi connectivity index (χ3n) is 2.70. The predicted molar refractivity (Wildman–Crippen MR) is 74.1 cm³/mol. The van der Waals surface area contributed by atoms with Crippen molar-refractivity contribution in [3.63, 3.8) is 0 Å². The monoisotopic (exact) mass is 299 g/mol. The highest BCUT2D eigenvalue weighted by atomic mass is 32.2. The lowest BCUT2D eigenvalue weighted by Gasteiger charge is -2.13. The van der Waals surface area contributed by atoms with Gasteiger partial charge in [-0.25, -0.2) is 8.42 Å². The molecule has 0 aromatic heterocycles. The van der Waals surface area contributed by atoms with E-state index in [4.69, 9.17) is 10.5 Å². The van der Waals surface area contributed by atoms with E-state index in [0.29, 0.717) is 0 Å². The fourth-order valence-corrected chi connectivity index (χ4v) is 2.92. The normalized spacial score (nSPS) is 11.2. The van der Waals surface area contributed by atoms with Crippen LogP contribution in [-0.4, -0.2) is 26.4 Å². The Kier molecular flexibility index (Phi) is 4.88. The lowest BCUT2D eigenvalue weighted by molar-refractivity contribution is -0.142. The van der Waals surface area contributed by atoms with Gasteiger partial charge in [0, 0.05) is 30.7 Å². The first kappa shape index (κ1) is 16.2. The molecule has 7 heteroatoms. The molecule has 110 valence electrons. The van der Waals surface area contributed by atoms with Crippen molar-refractivity contribution < 1.29 is 22.7 Å². The van der Waals surface area contributed by atoms with Gasteiger partial charge in [0.15, 0.2) is 15.6 Å². The molecule has 0 atom stereocenters. The van der Waals surface area contributed by atoms with Crippen LogP contribution in [0, 0.1) is 0 Å². The van der Waals surface area contributed by atoms with Gasteiger partial charge < -0.3 is 10.5 Å². The number of ketones is 1. The van der Waals surface area contributed by atoms with Gasteiger partial charge >= 0.3 is 5.97 Å². The molecule has 0 fully saturated rings. The molecule has 0 saturated carbocycles. The fraction of sp³-hybridized carbons (Fsp3) is 0.385. The SMILES string of the molecule is CCC(=O)c1ccc(COC(C)=O)c(S(C)(=O)=O)c1N. The quantitative estimate of drug-likeness (QED) is 0.499. The van der Waals surface area contributed by atoms with E-state index in [1.807, 2.05) is 0 Å². The van der Waals surface area contributed by atoms with Crippen molar-refractivity contribution in [3.8, 4) is 0 Å². The number of nitrogens with two attached hydrogens (primary N) is 1. The average Bonchev–Trinajstić information content (AvgIpc) is 2.33. The van der Waals surface area contributed by atoms with Gasteiger partial charge in [0.2, 0.25) is 0 Å². The van der Waals surface area contributed by atoms with E-state index in [1.165, 1.54) is 19.1 Å². The molecular formula is C13H17NO5S. The maximum atomic E-state index is 11.9. The molecule has 0 aliphatic rings. The summed E-state index contributed by atoms with van der Waals surface area (Å²) in [5.74, 6) is -0.775. The summed E-state index contributed by atoms with van der Waals surface area (Å²) in [7, 11) is -3.64. The maximum absolute atomic E-state index is 11.9. The average molecular weight is 299 g/mol. The van der Waals surface area contributed by atoms with Crippen molar-refractivity contribution >= 4 is 27.3 Å². The summed E-state index contributed by atoms with van der Waals surface area (Å²) in [4.78, 5) is 22.4. The molecule has 0 aliphatic heterocycles. The number of ether oxygens (including phenoxy) is 1. The number of carbonyl (C=O) groups excluding carboxylic acids is 2. The van der Waals surface area contributed by atoms with Crippen molar-refractivity contribution in [1.29, 1.82) is 0 Å². The topological polar surface area (TPSA) is 104 Å². The van der Waals surface area contributed by atoms with E-state index in [0.717, 1.165) is 6.26 Å². The van der Waals surface area contributed by atoms with Gasteiger partial charge in [-0.05, 0) is 6.07 Å². The lowest BCUT2D eigenvalue weighted by atomic mass is 10.0. The molecule has 1 aromatic rings. The minimum absolute atomic E-state index is 0.0935. The maximum Gasteiger partial charge on any atom is 0.302 e. The lowest BCUT2D eigenvalue weighted by Crippen LogP contribution is -2.13. The molecule has 0 saturated heterocycles. The van der Waals surface area contributed by atoms with Gasteiger partial charge in [0.25, 0.3) is 0 Å². The molecule has 0 heterocycles. The van der Waals surface area contributed by atoms with Gasteiger partial charge in [-0.3, -0.25) is 9.59 Å². The summed E-state index contributed by atoms with van der Waals surface area (Å²) in [6.07, 6.45) is 1.22. The summed E-state index contributed by atoms with van der Waals surface area (Å²) in [6, 6.07) is 2.90. The summed E-state index contributed by atoms with van der Waals surface area (Å²) in [5, 5.41) is 0. The smallest absolute Gasteiger partial charge is 0.302 e. The minimum atomic E-state index is -3.64. The Hall–Kier alpha value is -1.89. The summed E-state index contributed by atoms with van der Waals surface area (Å²) in [5.41, 5.74) is 6.14. The zero-order valence-corrected chi connectivity index (χ0v) is 12.4. The van der Waals surface area contributed by atoms with Crippen LogP contribution >= 0.6 is 0 Å². The Morgan fingerprint density at radius 1 is 1.30 bits per heavy atom. The third-order valence-corrected chi connectivity index (χ3v) is 3.92. The van der Waals surface area contributed by atoms with Crippen molar-refractivity contribution in [2.45, 2.75) is 31.8 Å². The number of esters is 1. The summed E-state index contributed by atoms with van der Waals surface area (Å²) < 4.78 is 28.5. The van der Waals surface area contributed by atoms with Crippen LogP contribution in [0.5, 0.6) is 0 Å². The number of hydrogen-bond donors (Lipinski definition) is 1. The number of anilines is 1. The van der Waals surface area contributed by atoms with Crippen LogP contribution in [0.2, 0.25) is 0 Å². The van der Waals surface area contributed by atoms with E-state index in [1.54, 1.807) is 6.92 Å². The second-order valence-corrected chi connectivity index (χ2v) is 6.30. The Bertz CT molecular complexity index is 649. The molecule has 0 bridgehead atoms. The minimum Gasteiger partial charge on any atom is -0.461 e. The number of Topliss-reactive ketones (excluding diaryl/α,β-unsaturated/α-hetero) is 1. The van der Waals surface area contributed by atoms with Crippen LogP contribution in [0.4, 0.5) is 5.69 Å². The first-order valence-electron chi connectivity index (χ1n) is 5.96. The number of nitrogen functional groups attached to an aromatic ring is 1. The van der Waals surface area contributed by atoms with Gasteiger partial charge in [0.05, 0.1) is 10.6 Å². The third kappa shape index (κ3) is 3.57. The van der Waals surface area contributed by atoms with Crippen molar-refractivity contribution in [1.82, 2.24) is 0 Å². The first-order chi connectivity index (χ1) is 9.18. The molecule has 20 heavy (non-hydrogen) atoms. The van der Waals surface area contributed by atoms with Crippen molar-refractivity contribution in [2.75, 3.05) is 12.0 Å². The molecule has 0 unspecified atom stereocenters. The highest BCUT2D eigenvalue weighted by Crippen LogP contribution is 2.28. The van der Waals surface area contributed by atoms with Crippen molar-refractivity contribution in [3.05, 3.63) is 23.3 Å². The van der Waals surface area contributed by atoms with E-state index in [2.05, 4.69) is 0 Å². The number of sulfone groups is 1. The predicted octanol–water partition coefficient (Wildman–Crippen LogP) is 1.33. The summed E-state index contributed by atoms with van der Waals surface area (Å²) in [6.45, 7) is 2.68. The molecule has 0 spiro atoms. The Balaban J connectivity index is 3.44. The van der Waals surface area contributed by atoms with Crippen LogP contribution < -0.4 is 5.73 Å². The number of rotatable bonds is 5. The van der Waals surface area contributed by atoms with Crippen LogP contribution in [0.1, 0.15) is 36.2 Å². The van der Waals surface area contributed by atoms with Crippen LogP contribution in [0.3, 0.4) is 0 Å². The van der Waals surface area contributed by atoms with Crippen molar-refractivity contribution in [2.24, 2.45) is 0 Å². The van der Waals surface area contributed by atoms with Gasteiger partial charge in [-0.2, -0.15) is 0 Å². The molecule has 2 N–H and O–H groups in total. The number of benzene rings is 1. The van der Waals surface area contributed by atoms with E-state index >= 15 is 0 Å².